The summed E-state index contributed by atoms with van der Waals surface area (Å²) in [6, 6.07) is 47.9. The smallest absolute Gasteiger partial charge is 0.316 e. The lowest BCUT2D eigenvalue weighted by molar-refractivity contribution is -0.148. The molecule has 126 heavy (non-hydrogen) atoms. The van der Waals surface area contributed by atoms with E-state index in [0.717, 1.165) is 188 Å². The van der Waals surface area contributed by atoms with E-state index in [1.807, 2.05) is 91.9 Å². The van der Waals surface area contributed by atoms with Crippen molar-refractivity contribution < 1.29 is 58.2 Å². The highest BCUT2D eigenvalue weighted by Crippen LogP contribution is 2.51. The third kappa shape index (κ3) is 24.1. The number of nitriles is 1. The summed E-state index contributed by atoms with van der Waals surface area (Å²) in [5, 5.41) is 62.8. The second kappa shape index (κ2) is 43.9. The van der Waals surface area contributed by atoms with Crippen LogP contribution in [-0.2, 0) is 51.3 Å². The molecule has 2 aliphatic heterocycles. The van der Waals surface area contributed by atoms with Gasteiger partial charge in [0.05, 0.1) is 110 Å². The molecule has 0 bridgehead atoms. The van der Waals surface area contributed by atoms with E-state index in [1.165, 1.54) is 57.1 Å². The summed E-state index contributed by atoms with van der Waals surface area (Å²) in [7, 11) is 0. The molecule has 0 spiro atoms. The maximum Gasteiger partial charge on any atom is 0.316 e. The number of aliphatic carboxylic acids is 4. The Labute approximate surface area is 753 Å². The number of rotatable bonds is 34. The first-order valence-corrected chi connectivity index (χ1v) is 46.3. The summed E-state index contributed by atoms with van der Waals surface area (Å²) < 4.78 is 30.7. The third-order valence-electron chi connectivity index (χ3n) is 25.7. The quantitative estimate of drug-likeness (QED) is 0.0186. The molecule has 15 rings (SSSR count). The lowest BCUT2D eigenvalue weighted by Crippen LogP contribution is -2.43. The number of nitrogens with one attached hydrogen (secondary N) is 4. The van der Waals surface area contributed by atoms with Crippen LogP contribution in [0.15, 0.2) is 152 Å². The van der Waals surface area contributed by atoms with Gasteiger partial charge in [0, 0.05) is 98.9 Å². The zero-order valence-electron chi connectivity index (χ0n) is 74.7. The first-order valence-electron chi connectivity index (χ1n) is 45.5. The van der Waals surface area contributed by atoms with E-state index in [-0.39, 0.29) is 11.4 Å². The minimum Gasteiger partial charge on any atom is -0.481 e. The molecule has 674 valence electrons. The average molecular weight is 1760 g/mol. The zero-order valence-corrected chi connectivity index (χ0v) is 76.2. The van der Waals surface area contributed by atoms with Gasteiger partial charge in [-0.15, -0.1) is 0 Å². The molecule has 3 heterocycles. The first-order chi connectivity index (χ1) is 60.6. The summed E-state index contributed by atoms with van der Waals surface area (Å²) in [5.41, 5.74) is 12.5. The molecule has 7 aliphatic rings. The van der Waals surface area contributed by atoms with Crippen LogP contribution < -0.4 is 45.6 Å². The van der Waals surface area contributed by atoms with E-state index < -0.39 is 45.9 Å². The second-order valence-corrected chi connectivity index (χ2v) is 37.5. The Hall–Kier alpha value is -10.4. The number of ether oxygens (including phenoxy) is 3. The highest BCUT2D eigenvalue weighted by atomic mass is 35.5. The molecular formula is C101H128Cl2FN11O11. The van der Waals surface area contributed by atoms with Crippen LogP contribution >= 0.6 is 23.2 Å². The van der Waals surface area contributed by atoms with E-state index in [0.29, 0.717) is 109 Å². The van der Waals surface area contributed by atoms with Gasteiger partial charge in [-0.25, -0.2) is 14.4 Å². The van der Waals surface area contributed by atoms with E-state index in [1.54, 1.807) is 30.6 Å². The highest BCUT2D eigenvalue weighted by Gasteiger charge is 2.49. The van der Waals surface area contributed by atoms with Gasteiger partial charge in [-0.1, -0.05) is 134 Å². The van der Waals surface area contributed by atoms with E-state index in [2.05, 4.69) is 137 Å². The van der Waals surface area contributed by atoms with Crippen molar-refractivity contribution in [2.24, 2.45) is 23.7 Å². The largest absolute Gasteiger partial charge is 0.481 e. The van der Waals surface area contributed by atoms with Gasteiger partial charge in [0.25, 0.3) is 0 Å². The molecule has 0 amide bonds. The molecule has 22 nitrogen and oxygen atoms in total. The Balaban J connectivity index is 0.000000153. The number of benzene rings is 7. The van der Waals surface area contributed by atoms with Crippen molar-refractivity contribution in [3.8, 4) is 12.1 Å². The maximum absolute atomic E-state index is 14.2. The molecule has 2 saturated heterocycles. The molecule has 1 aromatic heterocycles. The van der Waals surface area contributed by atoms with Gasteiger partial charge in [-0.2, -0.15) is 5.26 Å². The Morgan fingerprint density at radius 1 is 0.500 bits per heavy atom. The number of aromatic nitrogens is 2. The fourth-order valence-corrected chi connectivity index (χ4v) is 18.6. The SMILES string of the molecule is CC(C)CN(c1ccc(C2(C(=O)O)CCC2)cc1Nc1ccc(Cl)c(F)c1)C1CCOCC1.CC(C)CN(c1ccc(C2(C(=O)O)CCC2)cc1Nc1cccc(Cl)c1)C1CCOCC1.CC(C)CN(c1ccc(CC(=O)O)cc1Nc1ccc(C#N)cc1)C1CCCCC1.CCOc1ncc(Nc2cc(C3(C(=O)O)CCC3)ccc2N(CC2CC2)C(C)C)cn1. The van der Waals surface area contributed by atoms with Crippen molar-refractivity contribution in [1.29, 1.82) is 5.26 Å². The number of hydrogen-bond acceptors (Lipinski definition) is 18. The van der Waals surface area contributed by atoms with E-state index >= 15 is 0 Å². The Morgan fingerprint density at radius 2 is 0.921 bits per heavy atom. The summed E-state index contributed by atoms with van der Waals surface area (Å²) in [4.78, 5) is 66.0. The average Bonchev–Trinajstić information content (AvgIpc) is 1.73. The van der Waals surface area contributed by atoms with Crippen LogP contribution in [0.5, 0.6) is 6.01 Å². The number of halogens is 3. The van der Waals surface area contributed by atoms with Crippen molar-refractivity contribution in [2.45, 2.75) is 238 Å². The molecule has 7 aromatic carbocycles. The van der Waals surface area contributed by atoms with Gasteiger partial charge in [-0.05, 0) is 266 Å². The van der Waals surface area contributed by atoms with Crippen molar-refractivity contribution in [3.05, 3.63) is 196 Å². The molecule has 25 heteroatoms. The summed E-state index contributed by atoms with van der Waals surface area (Å²) in [5.74, 6) is -1.39. The van der Waals surface area contributed by atoms with Crippen molar-refractivity contribution in [3.63, 3.8) is 0 Å². The molecule has 8 N–H and O–H groups in total. The van der Waals surface area contributed by atoms with E-state index in [4.69, 9.17) is 42.7 Å². The fraction of sp³-hybridized carbons (Fsp3) is 0.495. The monoisotopic (exact) mass is 1760 g/mol. The van der Waals surface area contributed by atoms with Gasteiger partial charge < -0.3 is 75.5 Å². The van der Waals surface area contributed by atoms with Crippen LogP contribution in [0.1, 0.15) is 219 Å². The van der Waals surface area contributed by atoms with Gasteiger partial charge in [0.2, 0.25) is 0 Å². The van der Waals surface area contributed by atoms with Gasteiger partial charge in [0.1, 0.15) is 5.82 Å². The van der Waals surface area contributed by atoms with Crippen LogP contribution in [-0.4, -0.2) is 138 Å². The summed E-state index contributed by atoms with van der Waals surface area (Å²) in [6.07, 6.45) is 22.8. The molecular weight excluding hydrogens is 1630 g/mol. The van der Waals surface area contributed by atoms with Gasteiger partial charge >= 0.3 is 29.9 Å². The number of nitrogens with zero attached hydrogens (tertiary/aromatic N) is 7. The minimum absolute atomic E-state index is 0.00403. The Kier molecular flexibility index (Phi) is 33.0. The predicted octanol–water partition coefficient (Wildman–Crippen LogP) is 23.1. The van der Waals surface area contributed by atoms with Crippen molar-refractivity contribution in [1.82, 2.24) is 9.97 Å². The molecule has 0 radical (unpaired) electrons. The first kappa shape index (κ1) is 94.7. The zero-order chi connectivity index (χ0) is 89.8. The summed E-state index contributed by atoms with van der Waals surface area (Å²) >= 11 is 12.1. The molecule has 5 aliphatic carbocycles. The molecule has 0 atom stereocenters. The number of carbonyl (C=O) groups is 4. The Bertz CT molecular complexity index is 5010. The predicted molar refractivity (Wildman–Crippen MR) is 503 cm³/mol. The standard InChI is InChI=1S/C26H32ClFN2O3.C26H33ClN2O3.C25H31N3O2.C24H32N4O3/c1-17(2)16-30(20-8-12-33-13-9-20)24-7-4-18(26(25(31)32)10-3-11-26)14-23(24)29-19-5-6-21(27)22(28)15-19;1-18(2)17-29(22-9-13-32-14-10-22)24-8-7-19(26(25(30)31)11-4-12-26)15-23(24)28-21-6-3-5-20(27)16-21;1-18(2)17-28(22-6-4-3-5-7-22)24-13-10-20(15-25(29)30)14-23(24)27-21-11-8-19(16-26)9-12-21;1-4-31-23-25-13-19(14-26-23)27-20-12-18(24(22(29)30)10-5-11-24)8-9-21(20)28(16(2)3)15-17-6-7-17/h4-7,14-15,17,20,29H,3,8-13,16H2,1-2H3,(H,31,32);3,5-8,15-16,18,22,28H,4,9-14,17H2,1-2H3,(H,30,31);8-14,18,22,27H,3-7,15,17H2,1-2H3,(H,29,30);8-9,12-14,16-17,27H,4-7,10-11,15H2,1-3H3,(H,29,30). The molecule has 7 fully saturated rings. The fourth-order valence-electron chi connectivity index (χ4n) is 18.3. The van der Waals surface area contributed by atoms with Gasteiger partial charge in [-0.3, -0.25) is 19.2 Å². The van der Waals surface area contributed by atoms with Crippen LogP contribution in [0.25, 0.3) is 0 Å². The van der Waals surface area contributed by atoms with Crippen molar-refractivity contribution >= 4 is 115 Å². The van der Waals surface area contributed by atoms with Gasteiger partial charge in [0.15, 0.2) is 0 Å². The van der Waals surface area contributed by atoms with Crippen LogP contribution in [0.2, 0.25) is 10.0 Å². The second-order valence-electron chi connectivity index (χ2n) is 36.7. The van der Waals surface area contributed by atoms with E-state index in [9.17, 15) is 44.0 Å². The number of carboxylic acids is 4. The topological polar surface area (TPSA) is 288 Å². The Morgan fingerprint density at radius 3 is 1.33 bits per heavy atom. The normalized spacial score (nSPS) is 17.0. The maximum atomic E-state index is 14.2. The summed E-state index contributed by atoms with van der Waals surface area (Å²) in [6.45, 7) is 26.9. The third-order valence-corrected chi connectivity index (χ3v) is 26.2. The van der Waals surface area contributed by atoms with Crippen LogP contribution in [0.3, 0.4) is 0 Å². The number of anilines is 12. The molecule has 8 aromatic rings. The van der Waals surface area contributed by atoms with Crippen molar-refractivity contribution in [2.75, 3.05) is 100 Å². The highest BCUT2D eigenvalue weighted by molar-refractivity contribution is 6.31. The lowest BCUT2D eigenvalue weighted by Gasteiger charge is -2.41. The number of hydrogen-bond donors (Lipinski definition) is 8. The molecule has 0 unspecified atom stereocenters. The van der Waals surface area contributed by atoms with Crippen LogP contribution in [0, 0.1) is 40.8 Å². The molecule has 5 saturated carbocycles. The van der Waals surface area contributed by atoms with Crippen LogP contribution in [0.4, 0.5) is 72.6 Å². The lowest BCUT2D eigenvalue weighted by atomic mass is 9.64. The number of carboxylic acid groups (broad SMARTS) is 4. The minimum atomic E-state index is -0.845.